The van der Waals surface area contributed by atoms with Gasteiger partial charge in [-0.05, 0) is 44.4 Å². The number of imide groups is 1. The summed E-state index contributed by atoms with van der Waals surface area (Å²) in [5, 5.41) is 1.81. The van der Waals surface area contributed by atoms with E-state index in [0.717, 1.165) is 19.3 Å². The predicted octanol–water partition coefficient (Wildman–Crippen LogP) is 0.910. The zero-order chi connectivity index (χ0) is 20.2. The van der Waals surface area contributed by atoms with E-state index in [1.54, 1.807) is 6.92 Å². The minimum Gasteiger partial charge on any atom is -0.449 e. The standard InChI is InChI=1S/C17H23N3O6S/c1-11-6-7-13(16(22)26-12(2)15(21)19-17(18)23)10-14(11)27(24,25)20-8-4-3-5-9-20/h6-7,10,12H,3-5,8-9H2,1-2H3,(H3,18,19,21,23). The highest BCUT2D eigenvalue weighted by molar-refractivity contribution is 7.89. The molecule has 0 saturated carbocycles. The monoisotopic (exact) mass is 397 g/mol. The van der Waals surface area contributed by atoms with Crippen molar-refractivity contribution in [3.05, 3.63) is 29.3 Å². The second-order valence-corrected chi connectivity index (χ2v) is 8.25. The first-order chi connectivity index (χ1) is 12.6. The average Bonchev–Trinajstić information content (AvgIpc) is 2.61. The van der Waals surface area contributed by atoms with Crippen LogP contribution in [0.15, 0.2) is 23.1 Å². The van der Waals surface area contributed by atoms with E-state index in [2.05, 4.69) is 0 Å². The van der Waals surface area contributed by atoms with Gasteiger partial charge in [0.05, 0.1) is 10.5 Å². The summed E-state index contributed by atoms with van der Waals surface area (Å²) in [6.45, 7) is 3.81. The molecule has 0 aliphatic carbocycles. The van der Waals surface area contributed by atoms with Crippen LogP contribution in [-0.2, 0) is 19.6 Å². The molecule has 1 atom stereocenters. The summed E-state index contributed by atoms with van der Waals surface area (Å²) in [5.74, 6) is -1.75. The number of sulfonamides is 1. The zero-order valence-electron chi connectivity index (χ0n) is 15.2. The molecule has 148 valence electrons. The van der Waals surface area contributed by atoms with Gasteiger partial charge in [0, 0.05) is 13.1 Å². The van der Waals surface area contributed by atoms with E-state index in [4.69, 9.17) is 10.5 Å². The third-order valence-corrected chi connectivity index (χ3v) is 6.30. The number of carbonyl (C=O) groups is 3. The van der Waals surface area contributed by atoms with Crippen LogP contribution in [0.5, 0.6) is 0 Å². The smallest absolute Gasteiger partial charge is 0.338 e. The number of carbonyl (C=O) groups excluding carboxylic acids is 3. The molecule has 0 bridgehead atoms. The number of ether oxygens (including phenoxy) is 1. The van der Waals surface area contributed by atoms with Gasteiger partial charge < -0.3 is 10.5 Å². The minimum atomic E-state index is -3.72. The molecule has 1 fully saturated rings. The molecular weight excluding hydrogens is 374 g/mol. The lowest BCUT2D eigenvalue weighted by molar-refractivity contribution is -0.127. The molecular formula is C17H23N3O6S. The Hall–Kier alpha value is -2.46. The normalized spacial score (nSPS) is 16.4. The van der Waals surface area contributed by atoms with Crippen molar-refractivity contribution in [1.82, 2.24) is 9.62 Å². The van der Waals surface area contributed by atoms with Gasteiger partial charge in [-0.3, -0.25) is 10.1 Å². The molecule has 1 unspecified atom stereocenters. The molecule has 9 nitrogen and oxygen atoms in total. The summed E-state index contributed by atoms with van der Waals surface area (Å²) in [5.41, 5.74) is 5.35. The number of hydrogen-bond acceptors (Lipinski definition) is 6. The number of nitrogens with one attached hydrogen (secondary N) is 1. The van der Waals surface area contributed by atoms with Crippen molar-refractivity contribution in [2.75, 3.05) is 13.1 Å². The summed E-state index contributed by atoms with van der Waals surface area (Å²) in [7, 11) is -3.72. The van der Waals surface area contributed by atoms with Crippen molar-refractivity contribution in [3.63, 3.8) is 0 Å². The molecule has 3 amide bonds. The lowest BCUT2D eigenvalue weighted by atomic mass is 10.1. The van der Waals surface area contributed by atoms with Crippen LogP contribution < -0.4 is 11.1 Å². The van der Waals surface area contributed by atoms with Gasteiger partial charge in [-0.15, -0.1) is 0 Å². The van der Waals surface area contributed by atoms with Crippen LogP contribution in [-0.4, -0.2) is 49.8 Å². The van der Waals surface area contributed by atoms with Crippen LogP contribution >= 0.6 is 0 Å². The number of piperidine rings is 1. The SMILES string of the molecule is Cc1ccc(C(=O)OC(C)C(=O)NC(N)=O)cc1S(=O)(=O)N1CCCCC1. The maximum atomic E-state index is 12.9. The molecule has 1 saturated heterocycles. The van der Waals surface area contributed by atoms with E-state index >= 15 is 0 Å². The topological polar surface area (TPSA) is 136 Å². The quantitative estimate of drug-likeness (QED) is 0.709. The van der Waals surface area contributed by atoms with Crippen molar-refractivity contribution < 1.29 is 27.5 Å². The Labute approximate surface area is 157 Å². The van der Waals surface area contributed by atoms with Gasteiger partial charge >= 0.3 is 12.0 Å². The second-order valence-electron chi connectivity index (χ2n) is 6.35. The van der Waals surface area contributed by atoms with Crippen molar-refractivity contribution >= 4 is 27.9 Å². The van der Waals surface area contributed by atoms with Gasteiger partial charge in [-0.25, -0.2) is 18.0 Å². The zero-order valence-corrected chi connectivity index (χ0v) is 16.0. The first-order valence-corrected chi connectivity index (χ1v) is 9.99. The molecule has 3 N–H and O–H groups in total. The highest BCUT2D eigenvalue weighted by atomic mass is 32.2. The lowest BCUT2D eigenvalue weighted by Gasteiger charge is -2.26. The van der Waals surface area contributed by atoms with Crippen LogP contribution in [0.4, 0.5) is 4.79 Å². The first-order valence-electron chi connectivity index (χ1n) is 8.55. The Morgan fingerprint density at radius 1 is 1.19 bits per heavy atom. The van der Waals surface area contributed by atoms with Gasteiger partial charge in [-0.2, -0.15) is 4.31 Å². The Balaban J connectivity index is 2.22. The molecule has 27 heavy (non-hydrogen) atoms. The van der Waals surface area contributed by atoms with Crippen molar-refractivity contribution in [2.45, 2.75) is 44.1 Å². The molecule has 1 aliphatic heterocycles. The molecule has 1 aromatic rings. The number of nitrogens with two attached hydrogens (primary N) is 1. The third-order valence-electron chi connectivity index (χ3n) is 4.26. The van der Waals surface area contributed by atoms with Gasteiger partial charge in [0.2, 0.25) is 10.0 Å². The van der Waals surface area contributed by atoms with Crippen LogP contribution in [0.25, 0.3) is 0 Å². The van der Waals surface area contributed by atoms with Crippen molar-refractivity contribution in [1.29, 1.82) is 0 Å². The van der Waals surface area contributed by atoms with E-state index in [0.29, 0.717) is 18.7 Å². The maximum Gasteiger partial charge on any atom is 0.338 e. The summed E-state index contributed by atoms with van der Waals surface area (Å²) in [6.07, 6.45) is 1.31. The molecule has 1 aliphatic rings. The van der Waals surface area contributed by atoms with E-state index in [9.17, 15) is 22.8 Å². The maximum absolute atomic E-state index is 12.9. The number of hydrogen-bond donors (Lipinski definition) is 2. The minimum absolute atomic E-state index is 0.00471. The number of amides is 3. The first kappa shape index (κ1) is 20.8. The number of urea groups is 1. The molecule has 10 heteroatoms. The Bertz CT molecular complexity index is 846. The number of esters is 1. The summed E-state index contributed by atoms with van der Waals surface area (Å²) in [6, 6.07) is 3.13. The van der Waals surface area contributed by atoms with E-state index < -0.39 is 34.0 Å². The number of benzene rings is 1. The largest absolute Gasteiger partial charge is 0.449 e. The van der Waals surface area contributed by atoms with Gasteiger partial charge in [0.25, 0.3) is 5.91 Å². The Kier molecular flexibility index (Phi) is 6.55. The fourth-order valence-corrected chi connectivity index (χ4v) is 4.52. The summed E-state index contributed by atoms with van der Waals surface area (Å²) < 4.78 is 32.2. The molecule has 0 aromatic heterocycles. The summed E-state index contributed by atoms with van der Waals surface area (Å²) in [4.78, 5) is 34.6. The van der Waals surface area contributed by atoms with Gasteiger partial charge in [0.15, 0.2) is 6.10 Å². The highest BCUT2D eigenvalue weighted by Gasteiger charge is 2.29. The van der Waals surface area contributed by atoms with E-state index in [-0.39, 0.29) is 10.5 Å². The van der Waals surface area contributed by atoms with Gasteiger partial charge in [0.1, 0.15) is 0 Å². The fraction of sp³-hybridized carbons (Fsp3) is 0.471. The Morgan fingerprint density at radius 2 is 1.81 bits per heavy atom. The van der Waals surface area contributed by atoms with Crippen molar-refractivity contribution in [3.8, 4) is 0 Å². The molecule has 0 spiro atoms. The second kappa shape index (κ2) is 8.49. The lowest BCUT2D eigenvalue weighted by Crippen LogP contribution is -2.42. The summed E-state index contributed by atoms with van der Waals surface area (Å²) >= 11 is 0. The van der Waals surface area contributed by atoms with Crippen molar-refractivity contribution in [2.24, 2.45) is 5.73 Å². The number of aryl methyl sites for hydroxylation is 1. The van der Waals surface area contributed by atoms with Crippen LogP contribution in [0.1, 0.15) is 42.1 Å². The van der Waals surface area contributed by atoms with E-state index in [1.807, 2.05) is 5.32 Å². The van der Waals surface area contributed by atoms with Crippen LogP contribution in [0, 0.1) is 6.92 Å². The van der Waals surface area contributed by atoms with Crippen LogP contribution in [0.2, 0.25) is 0 Å². The van der Waals surface area contributed by atoms with Crippen LogP contribution in [0.3, 0.4) is 0 Å². The number of nitrogens with zero attached hydrogens (tertiary/aromatic N) is 1. The van der Waals surface area contributed by atoms with E-state index in [1.165, 1.54) is 29.4 Å². The predicted molar refractivity (Wildman–Crippen MR) is 96.4 cm³/mol. The number of rotatable bonds is 5. The Morgan fingerprint density at radius 3 is 2.41 bits per heavy atom. The number of primary amides is 1. The molecule has 2 rings (SSSR count). The molecule has 0 radical (unpaired) electrons. The van der Waals surface area contributed by atoms with Gasteiger partial charge in [-0.1, -0.05) is 12.5 Å². The average molecular weight is 397 g/mol. The molecule has 1 aromatic carbocycles. The highest BCUT2D eigenvalue weighted by Crippen LogP contribution is 2.24. The third kappa shape index (κ3) is 5.04. The fourth-order valence-electron chi connectivity index (χ4n) is 2.75. The molecule has 1 heterocycles.